The van der Waals surface area contributed by atoms with Crippen molar-refractivity contribution in [2.45, 2.75) is 0 Å². The van der Waals surface area contributed by atoms with Crippen molar-refractivity contribution in [1.82, 2.24) is 0 Å². The van der Waals surface area contributed by atoms with E-state index in [-0.39, 0.29) is 5.84 Å². The fraction of sp³-hybridized carbons (Fsp3) is 0. The molecule has 0 aliphatic carbocycles. The molecule has 64 valence electrons. The van der Waals surface area contributed by atoms with Crippen LogP contribution in [0.3, 0.4) is 0 Å². The fourth-order valence-electron chi connectivity index (χ4n) is 0.759. The number of benzene rings is 1. The molecule has 0 bridgehead atoms. The minimum absolute atomic E-state index is 0.0400. The van der Waals surface area contributed by atoms with Gasteiger partial charge in [-0.2, -0.15) is 0 Å². The van der Waals surface area contributed by atoms with Crippen LogP contribution in [-0.4, -0.2) is 11.0 Å². The Morgan fingerprint density at radius 1 is 1.50 bits per heavy atom. The molecule has 0 spiro atoms. The third-order valence-corrected chi connectivity index (χ3v) is 1.94. The van der Waals surface area contributed by atoms with Crippen molar-refractivity contribution in [3.05, 3.63) is 33.3 Å². The maximum absolute atomic E-state index is 8.37. The Kier molecular flexibility index (Phi) is 2.94. The molecule has 0 aliphatic heterocycles. The van der Waals surface area contributed by atoms with E-state index in [1.54, 1.807) is 18.2 Å². The number of hydrogen-bond acceptors (Lipinski definition) is 2. The van der Waals surface area contributed by atoms with E-state index >= 15 is 0 Å². The number of hydrogen-bond donors (Lipinski definition) is 2. The molecule has 0 saturated carbocycles. The number of halogens is 2. The minimum atomic E-state index is 0.0400. The van der Waals surface area contributed by atoms with Gasteiger partial charge >= 0.3 is 0 Å². The number of nitrogens with two attached hydrogens (primary N) is 1. The highest BCUT2D eigenvalue weighted by molar-refractivity contribution is 9.10. The van der Waals surface area contributed by atoms with Gasteiger partial charge in [0.25, 0.3) is 0 Å². The van der Waals surface area contributed by atoms with Crippen LogP contribution in [0.4, 0.5) is 0 Å². The summed E-state index contributed by atoms with van der Waals surface area (Å²) in [4.78, 5) is 0. The lowest BCUT2D eigenvalue weighted by Crippen LogP contribution is -2.12. The number of oxime groups is 1. The van der Waals surface area contributed by atoms with Crippen LogP contribution < -0.4 is 5.73 Å². The molecule has 0 saturated heterocycles. The first kappa shape index (κ1) is 9.35. The quantitative estimate of drug-likeness (QED) is 0.347. The van der Waals surface area contributed by atoms with Crippen LogP contribution in [0.25, 0.3) is 0 Å². The average Bonchev–Trinajstić information content (AvgIpc) is 2.01. The van der Waals surface area contributed by atoms with Gasteiger partial charge < -0.3 is 10.9 Å². The van der Waals surface area contributed by atoms with Crippen LogP contribution in [0.1, 0.15) is 5.56 Å². The lowest BCUT2D eigenvalue weighted by atomic mass is 10.2. The van der Waals surface area contributed by atoms with E-state index in [0.717, 1.165) is 4.47 Å². The Labute approximate surface area is 83.0 Å². The van der Waals surface area contributed by atoms with Crippen molar-refractivity contribution in [3.8, 4) is 0 Å². The Hall–Kier alpha value is -0.740. The molecule has 0 fully saturated rings. The Morgan fingerprint density at radius 3 is 2.67 bits per heavy atom. The van der Waals surface area contributed by atoms with Gasteiger partial charge in [-0.3, -0.25) is 0 Å². The van der Waals surface area contributed by atoms with E-state index in [4.69, 9.17) is 22.5 Å². The zero-order chi connectivity index (χ0) is 9.14. The van der Waals surface area contributed by atoms with Crippen molar-refractivity contribution in [2.24, 2.45) is 10.9 Å². The van der Waals surface area contributed by atoms with Crippen LogP contribution in [0.5, 0.6) is 0 Å². The predicted molar refractivity (Wildman–Crippen MR) is 51.7 cm³/mol. The lowest BCUT2D eigenvalue weighted by molar-refractivity contribution is 0.318. The van der Waals surface area contributed by atoms with Crippen LogP contribution in [0.15, 0.2) is 27.8 Å². The number of amidine groups is 1. The summed E-state index contributed by atoms with van der Waals surface area (Å²) < 4.78 is 0.789. The topological polar surface area (TPSA) is 58.6 Å². The molecule has 0 heterocycles. The summed E-state index contributed by atoms with van der Waals surface area (Å²) in [6.45, 7) is 0. The highest BCUT2D eigenvalue weighted by Gasteiger charge is 2.01. The molecule has 0 aromatic heterocycles. The highest BCUT2D eigenvalue weighted by atomic mass is 79.9. The molecule has 3 nitrogen and oxygen atoms in total. The molecule has 0 unspecified atom stereocenters. The van der Waals surface area contributed by atoms with Gasteiger partial charge in [0.1, 0.15) is 0 Å². The van der Waals surface area contributed by atoms with E-state index in [1.807, 2.05) is 0 Å². The van der Waals surface area contributed by atoms with Gasteiger partial charge in [0.15, 0.2) is 5.84 Å². The van der Waals surface area contributed by atoms with Crippen molar-refractivity contribution in [2.75, 3.05) is 0 Å². The van der Waals surface area contributed by atoms with Crippen LogP contribution in [0.2, 0.25) is 5.02 Å². The average molecular weight is 249 g/mol. The zero-order valence-corrected chi connectivity index (χ0v) is 8.30. The van der Waals surface area contributed by atoms with E-state index in [9.17, 15) is 0 Å². The summed E-state index contributed by atoms with van der Waals surface area (Å²) in [7, 11) is 0. The summed E-state index contributed by atoms with van der Waals surface area (Å²) in [5.41, 5.74) is 5.93. The van der Waals surface area contributed by atoms with Gasteiger partial charge in [0.05, 0.1) is 0 Å². The first-order valence-corrected chi connectivity index (χ1v) is 4.24. The van der Waals surface area contributed by atoms with E-state index in [1.165, 1.54) is 0 Å². The third-order valence-electron chi connectivity index (χ3n) is 1.27. The third kappa shape index (κ3) is 2.12. The monoisotopic (exact) mass is 248 g/mol. The smallest absolute Gasteiger partial charge is 0.170 e. The molecular formula is C7H6BrClN2O. The highest BCUT2D eigenvalue weighted by Crippen LogP contribution is 2.19. The second-order valence-electron chi connectivity index (χ2n) is 2.14. The maximum Gasteiger partial charge on any atom is 0.170 e. The summed E-state index contributed by atoms with van der Waals surface area (Å²) >= 11 is 8.96. The lowest BCUT2D eigenvalue weighted by Gasteiger charge is -1.99. The van der Waals surface area contributed by atoms with Gasteiger partial charge in [0.2, 0.25) is 0 Å². The fourth-order valence-corrected chi connectivity index (χ4v) is 1.62. The van der Waals surface area contributed by atoms with Crippen LogP contribution >= 0.6 is 27.5 Å². The summed E-state index contributed by atoms with van der Waals surface area (Å²) in [6, 6.07) is 5.04. The van der Waals surface area contributed by atoms with Crippen molar-refractivity contribution < 1.29 is 5.21 Å². The van der Waals surface area contributed by atoms with Gasteiger partial charge in [-0.15, -0.1) is 0 Å². The molecule has 1 aromatic rings. The van der Waals surface area contributed by atoms with Gasteiger partial charge in [0, 0.05) is 15.1 Å². The molecule has 0 atom stereocenters. The first-order chi connectivity index (χ1) is 5.63. The second kappa shape index (κ2) is 3.78. The molecule has 12 heavy (non-hydrogen) atoms. The van der Waals surface area contributed by atoms with E-state index < -0.39 is 0 Å². The summed E-state index contributed by atoms with van der Waals surface area (Å²) in [5.74, 6) is 0.0400. The largest absolute Gasteiger partial charge is 0.409 e. The number of rotatable bonds is 1. The van der Waals surface area contributed by atoms with Gasteiger partial charge in [-0.1, -0.05) is 32.7 Å². The van der Waals surface area contributed by atoms with Crippen LogP contribution in [-0.2, 0) is 0 Å². The summed E-state index contributed by atoms with van der Waals surface area (Å²) in [5, 5.41) is 11.8. The molecule has 1 aromatic carbocycles. The van der Waals surface area contributed by atoms with Crippen LogP contribution in [0, 0.1) is 0 Å². The Bertz CT molecular complexity index is 307. The second-order valence-corrected chi connectivity index (χ2v) is 3.50. The predicted octanol–water partition coefficient (Wildman–Crippen LogP) is 2.20. The number of nitrogens with zero attached hydrogens (tertiary/aromatic N) is 1. The molecule has 0 aliphatic rings. The van der Waals surface area contributed by atoms with Crippen molar-refractivity contribution in [1.29, 1.82) is 0 Å². The molecule has 3 N–H and O–H groups in total. The SMILES string of the molecule is NC(=NO)c1cc(Cl)cc(Br)c1. The molecule has 0 amide bonds. The zero-order valence-electron chi connectivity index (χ0n) is 5.96. The van der Waals surface area contributed by atoms with Gasteiger partial charge in [-0.05, 0) is 18.2 Å². The minimum Gasteiger partial charge on any atom is -0.409 e. The molecule has 0 radical (unpaired) electrons. The first-order valence-electron chi connectivity index (χ1n) is 3.07. The van der Waals surface area contributed by atoms with Gasteiger partial charge in [-0.25, -0.2) is 0 Å². The maximum atomic E-state index is 8.37. The summed E-state index contributed by atoms with van der Waals surface area (Å²) in [6.07, 6.45) is 0. The normalized spacial score (nSPS) is 11.7. The van der Waals surface area contributed by atoms with E-state index in [0.29, 0.717) is 10.6 Å². The van der Waals surface area contributed by atoms with Crippen molar-refractivity contribution >= 4 is 33.4 Å². The molecule has 5 heteroatoms. The standard InChI is InChI=1S/C7H6BrClN2O/c8-5-1-4(7(10)11-12)2-6(9)3-5/h1-3,12H,(H2,10,11). The van der Waals surface area contributed by atoms with E-state index in [2.05, 4.69) is 21.1 Å². The Balaban J connectivity index is 3.17. The molecule has 1 rings (SSSR count). The Morgan fingerprint density at radius 2 is 2.17 bits per heavy atom. The molecular weight excluding hydrogens is 243 g/mol. The van der Waals surface area contributed by atoms with Crippen molar-refractivity contribution in [3.63, 3.8) is 0 Å².